The van der Waals surface area contributed by atoms with Crippen LogP contribution in [0.5, 0.6) is 0 Å². The lowest BCUT2D eigenvalue weighted by Gasteiger charge is -2.49. The summed E-state index contributed by atoms with van der Waals surface area (Å²) in [6.45, 7) is 7.14. The van der Waals surface area contributed by atoms with Crippen molar-refractivity contribution in [1.82, 2.24) is 4.90 Å². The van der Waals surface area contributed by atoms with Crippen LogP contribution < -0.4 is 0 Å². The minimum Gasteiger partial charge on any atom is -0.458 e. The summed E-state index contributed by atoms with van der Waals surface area (Å²) in [4.78, 5) is 15.0. The van der Waals surface area contributed by atoms with Gasteiger partial charge in [-0.15, -0.1) is 6.58 Å². The molecule has 1 saturated heterocycles. The maximum absolute atomic E-state index is 12.4. The number of piperidine rings is 1. The molecule has 0 spiro atoms. The molecule has 1 aliphatic heterocycles. The van der Waals surface area contributed by atoms with Crippen LogP contribution in [0.4, 0.5) is 0 Å². The van der Waals surface area contributed by atoms with Crippen molar-refractivity contribution in [3.63, 3.8) is 0 Å². The molecule has 2 unspecified atom stereocenters. The molecule has 0 radical (unpaired) electrons. The summed E-state index contributed by atoms with van der Waals surface area (Å²) in [7, 11) is 0. The van der Waals surface area contributed by atoms with Gasteiger partial charge in [-0.25, -0.2) is 4.79 Å². The van der Waals surface area contributed by atoms with Crippen molar-refractivity contribution >= 4 is 5.97 Å². The first-order valence-corrected chi connectivity index (χ1v) is 8.83. The van der Waals surface area contributed by atoms with E-state index in [1.807, 2.05) is 36.4 Å². The predicted octanol–water partition coefficient (Wildman–Crippen LogP) is 4.05. The van der Waals surface area contributed by atoms with Crippen LogP contribution >= 0.6 is 0 Å². The van der Waals surface area contributed by atoms with E-state index in [1.165, 1.54) is 12.8 Å². The number of fused-ring (bicyclic) bond motifs is 1. The number of esters is 1. The van der Waals surface area contributed by atoms with Crippen molar-refractivity contribution in [2.45, 2.75) is 57.2 Å². The standard InChI is InChI=1S/C20H27NO2/c1-3-14-21-15(2)12-13-17-18(21)10-7-11-19(17)23-20(22)16-8-5-4-6-9-16/h3-6,8-9,15,17-19H,1,7,10-14H2,2H3/t15-,17+,18?,19?/m1/s1. The van der Waals surface area contributed by atoms with E-state index < -0.39 is 0 Å². The second-order valence-electron chi connectivity index (χ2n) is 6.88. The average molecular weight is 313 g/mol. The highest BCUT2D eigenvalue weighted by Gasteiger charge is 2.42. The maximum Gasteiger partial charge on any atom is 0.338 e. The number of hydrogen-bond donors (Lipinski definition) is 0. The van der Waals surface area contributed by atoms with E-state index in [4.69, 9.17) is 4.74 Å². The van der Waals surface area contributed by atoms with E-state index >= 15 is 0 Å². The summed E-state index contributed by atoms with van der Waals surface area (Å²) in [5.74, 6) is 0.290. The number of carbonyl (C=O) groups excluding carboxylic acids is 1. The Bertz CT molecular complexity index is 542. The summed E-state index contributed by atoms with van der Waals surface area (Å²) >= 11 is 0. The molecule has 0 bridgehead atoms. The highest BCUT2D eigenvalue weighted by molar-refractivity contribution is 5.89. The van der Waals surface area contributed by atoms with Crippen LogP contribution in [0.15, 0.2) is 43.0 Å². The Morgan fingerprint density at radius 1 is 1.26 bits per heavy atom. The third kappa shape index (κ3) is 3.50. The molecular weight excluding hydrogens is 286 g/mol. The Kier molecular flexibility index (Phi) is 5.16. The van der Waals surface area contributed by atoms with E-state index in [0.717, 1.165) is 25.8 Å². The number of benzene rings is 1. The lowest BCUT2D eigenvalue weighted by atomic mass is 9.74. The quantitative estimate of drug-likeness (QED) is 0.620. The monoisotopic (exact) mass is 313 g/mol. The van der Waals surface area contributed by atoms with Crippen molar-refractivity contribution < 1.29 is 9.53 Å². The van der Waals surface area contributed by atoms with Crippen LogP contribution in [-0.2, 0) is 4.74 Å². The van der Waals surface area contributed by atoms with Gasteiger partial charge in [0.2, 0.25) is 0 Å². The molecule has 3 heteroatoms. The first-order valence-electron chi connectivity index (χ1n) is 8.83. The minimum absolute atomic E-state index is 0.0567. The molecule has 0 aromatic heterocycles. The van der Waals surface area contributed by atoms with Gasteiger partial charge in [-0.1, -0.05) is 24.3 Å². The van der Waals surface area contributed by atoms with E-state index in [9.17, 15) is 4.79 Å². The Morgan fingerprint density at radius 2 is 2.04 bits per heavy atom. The number of likely N-dealkylation sites (tertiary alicyclic amines) is 1. The Morgan fingerprint density at radius 3 is 2.78 bits per heavy atom. The number of hydrogen-bond acceptors (Lipinski definition) is 3. The number of rotatable bonds is 4. The molecule has 1 aliphatic carbocycles. The van der Waals surface area contributed by atoms with Gasteiger partial charge < -0.3 is 4.74 Å². The minimum atomic E-state index is -0.176. The topological polar surface area (TPSA) is 29.5 Å². The fourth-order valence-corrected chi connectivity index (χ4v) is 4.31. The molecular formula is C20H27NO2. The van der Waals surface area contributed by atoms with Crippen LogP contribution in [-0.4, -0.2) is 35.6 Å². The van der Waals surface area contributed by atoms with E-state index in [0.29, 0.717) is 23.6 Å². The second-order valence-corrected chi connectivity index (χ2v) is 6.88. The molecule has 2 aliphatic rings. The van der Waals surface area contributed by atoms with Crippen molar-refractivity contribution in [2.75, 3.05) is 6.54 Å². The first kappa shape index (κ1) is 16.3. The van der Waals surface area contributed by atoms with Gasteiger partial charge in [-0.3, -0.25) is 4.90 Å². The molecule has 1 aromatic rings. The molecule has 1 heterocycles. The fourth-order valence-electron chi connectivity index (χ4n) is 4.31. The Labute approximate surface area is 139 Å². The van der Waals surface area contributed by atoms with Crippen molar-refractivity contribution in [3.05, 3.63) is 48.6 Å². The fraction of sp³-hybridized carbons (Fsp3) is 0.550. The van der Waals surface area contributed by atoms with Gasteiger partial charge in [0.15, 0.2) is 0 Å². The molecule has 3 rings (SSSR count). The SMILES string of the molecule is C=CCN1C2CCCC(OC(=O)c3ccccc3)[C@H]2CC[C@H]1C. The van der Waals surface area contributed by atoms with Gasteiger partial charge in [-0.05, 0) is 51.2 Å². The highest BCUT2D eigenvalue weighted by atomic mass is 16.5. The Balaban J connectivity index is 1.71. The third-order valence-electron chi connectivity index (χ3n) is 5.48. The number of ether oxygens (including phenoxy) is 1. The summed E-state index contributed by atoms with van der Waals surface area (Å²) < 4.78 is 5.92. The zero-order valence-electron chi connectivity index (χ0n) is 14.0. The summed E-state index contributed by atoms with van der Waals surface area (Å²) in [6.07, 6.45) is 7.73. The Hall–Kier alpha value is -1.61. The van der Waals surface area contributed by atoms with Crippen molar-refractivity contribution in [1.29, 1.82) is 0 Å². The van der Waals surface area contributed by atoms with Crippen molar-refractivity contribution in [3.8, 4) is 0 Å². The number of carbonyl (C=O) groups is 1. The van der Waals surface area contributed by atoms with Crippen molar-refractivity contribution in [2.24, 2.45) is 5.92 Å². The average Bonchev–Trinajstić information content (AvgIpc) is 2.58. The molecule has 23 heavy (non-hydrogen) atoms. The second kappa shape index (κ2) is 7.31. The van der Waals surface area contributed by atoms with E-state index in [-0.39, 0.29) is 12.1 Å². The zero-order valence-corrected chi connectivity index (χ0v) is 14.0. The zero-order chi connectivity index (χ0) is 16.2. The highest BCUT2D eigenvalue weighted by Crippen LogP contribution is 2.39. The van der Waals surface area contributed by atoms with E-state index in [2.05, 4.69) is 18.4 Å². The van der Waals surface area contributed by atoms with Crippen LogP contribution in [0.25, 0.3) is 0 Å². The molecule has 3 nitrogen and oxygen atoms in total. The molecule has 0 N–H and O–H groups in total. The first-order chi connectivity index (χ1) is 11.2. The van der Waals surface area contributed by atoms with Gasteiger partial charge in [0.25, 0.3) is 0 Å². The maximum atomic E-state index is 12.4. The molecule has 4 atom stereocenters. The summed E-state index contributed by atoms with van der Waals surface area (Å²) in [5, 5.41) is 0. The third-order valence-corrected chi connectivity index (χ3v) is 5.48. The smallest absolute Gasteiger partial charge is 0.338 e. The molecule has 2 fully saturated rings. The number of nitrogens with zero attached hydrogens (tertiary/aromatic N) is 1. The van der Waals surface area contributed by atoms with Crippen LogP contribution in [0.3, 0.4) is 0 Å². The largest absolute Gasteiger partial charge is 0.458 e. The van der Waals surface area contributed by atoms with Gasteiger partial charge in [0.1, 0.15) is 6.10 Å². The van der Waals surface area contributed by atoms with Gasteiger partial charge in [0.05, 0.1) is 5.56 Å². The van der Waals surface area contributed by atoms with Crippen LogP contribution in [0.2, 0.25) is 0 Å². The lowest BCUT2D eigenvalue weighted by Crippen LogP contribution is -2.55. The summed E-state index contributed by atoms with van der Waals surface area (Å²) in [5.41, 5.74) is 0.654. The molecule has 0 amide bonds. The molecule has 1 aromatic carbocycles. The van der Waals surface area contributed by atoms with Gasteiger partial charge in [0, 0.05) is 24.5 Å². The van der Waals surface area contributed by atoms with Crippen LogP contribution in [0.1, 0.15) is 49.4 Å². The normalized spacial score (nSPS) is 31.2. The van der Waals surface area contributed by atoms with E-state index in [1.54, 1.807) is 0 Å². The molecule has 1 saturated carbocycles. The summed E-state index contributed by atoms with van der Waals surface area (Å²) in [6, 6.07) is 10.5. The predicted molar refractivity (Wildman–Crippen MR) is 92.4 cm³/mol. The van der Waals surface area contributed by atoms with Gasteiger partial charge in [-0.2, -0.15) is 0 Å². The molecule has 124 valence electrons. The van der Waals surface area contributed by atoms with Gasteiger partial charge >= 0.3 is 5.97 Å². The van der Waals surface area contributed by atoms with Crippen LogP contribution in [0, 0.1) is 5.92 Å². The lowest BCUT2D eigenvalue weighted by molar-refractivity contribution is -0.0563.